The normalized spacial score (nSPS) is 14.6. The molecule has 0 fully saturated rings. The Labute approximate surface area is 282 Å². The van der Waals surface area contributed by atoms with E-state index in [1.54, 1.807) is 0 Å². The second-order valence-electron chi connectivity index (χ2n) is 11.3. The zero-order chi connectivity index (χ0) is 39.3. The van der Waals surface area contributed by atoms with Crippen molar-refractivity contribution < 1.29 is 18.1 Å². The van der Waals surface area contributed by atoms with E-state index in [1.165, 1.54) is 6.92 Å². The van der Waals surface area contributed by atoms with E-state index in [-0.39, 0.29) is 74.4 Å². The van der Waals surface area contributed by atoms with Gasteiger partial charge in [0.05, 0.1) is 13.7 Å². The Kier molecular flexibility index (Phi) is 4.19. The highest BCUT2D eigenvalue weighted by molar-refractivity contribution is 6.22. The van der Waals surface area contributed by atoms with Gasteiger partial charge in [-0.05, 0) is 96.7 Å². The second-order valence-corrected chi connectivity index (χ2v) is 11.3. The summed E-state index contributed by atoms with van der Waals surface area (Å²) < 4.78 is 95.1. The average molecular weight is 597 g/mol. The molecule has 0 aliphatic rings. The summed E-state index contributed by atoms with van der Waals surface area (Å²) in [7, 11) is 0. The molecule has 0 saturated carbocycles. The van der Waals surface area contributed by atoms with Gasteiger partial charge in [0.15, 0.2) is 0 Å². The molecule has 0 radical (unpaired) electrons. The SMILES string of the molecule is [2H]c1c([2H])c([2H])c(-c2c(C)c([2H])c([2H])c3oc4c([2H])c(-c5c6ccccc6c(-c6ccc(-c7ccccc7)cc6)c6ccccc56)c([2H])c([2H])c4c23)c([2H])c1[2H]. The lowest BCUT2D eigenvalue weighted by molar-refractivity contribution is 0.669. The zero-order valence-electron chi connectivity index (χ0n) is 34.7. The van der Waals surface area contributed by atoms with Gasteiger partial charge in [-0.1, -0.05) is 145 Å². The Morgan fingerprint density at radius 2 is 0.978 bits per heavy atom. The quantitative estimate of drug-likeness (QED) is 0.184. The molecular formula is C45H30O. The first-order valence-electron chi connectivity index (χ1n) is 20.0. The summed E-state index contributed by atoms with van der Waals surface area (Å²) in [6.45, 7) is 1.52. The molecule has 0 saturated heterocycles. The third kappa shape index (κ3) is 4.17. The predicted molar refractivity (Wildman–Crippen MR) is 195 cm³/mol. The maximum Gasteiger partial charge on any atom is 0.136 e. The maximum absolute atomic E-state index is 9.69. The Morgan fingerprint density at radius 1 is 0.413 bits per heavy atom. The number of hydrogen-bond acceptors (Lipinski definition) is 1. The van der Waals surface area contributed by atoms with Crippen molar-refractivity contribution in [3.63, 3.8) is 0 Å². The molecule has 0 atom stereocenters. The van der Waals surface area contributed by atoms with E-state index in [4.69, 9.17) is 14.0 Å². The van der Waals surface area contributed by atoms with Crippen molar-refractivity contribution in [3.05, 3.63) is 169 Å². The van der Waals surface area contributed by atoms with Crippen molar-refractivity contribution in [3.8, 4) is 44.5 Å². The summed E-state index contributed by atoms with van der Waals surface area (Å²) in [5, 5.41) is 3.34. The lowest BCUT2D eigenvalue weighted by Crippen LogP contribution is -1.91. The first-order chi connectivity index (χ1) is 26.9. The Balaban J connectivity index is 1.37. The van der Waals surface area contributed by atoms with Gasteiger partial charge in [0, 0.05) is 10.8 Å². The molecule has 0 bridgehead atoms. The molecule has 0 aliphatic heterocycles. The lowest BCUT2D eigenvalue weighted by atomic mass is 9.85. The number of fused-ring (bicyclic) bond motifs is 5. The van der Waals surface area contributed by atoms with Crippen molar-refractivity contribution in [1.29, 1.82) is 0 Å². The van der Waals surface area contributed by atoms with Crippen molar-refractivity contribution in [2.24, 2.45) is 0 Å². The molecule has 0 unspecified atom stereocenters. The van der Waals surface area contributed by atoms with Crippen LogP contribution in [0.3, 0.4) is 0 Å². The predicted octanol–water partition coefficient (Wildman–Crippen LogP) is 12.9. The van der Waals surface area contributed by atoms with Crippen molar-refractivity contribution in [1.82, 2.24) is 0 Å². The minimum atomic E-state index is -0.583. The van der Waals surface area contributed by atoms with E-state index in [0.717, 1.165) is 43.8 Å². The standard InChI is InChI=1S/C45H30O/c1-29-20-27-40-45(42(29)32-14-6-3-7-15-32)39-26-25-34(28-41(39)46-40)44-37-18-10-8-16-35(37)43(36-17-9-11-19-38(36)44)33-23-21-31(22-24-33)30-12-4-2-5-13-30/h2-28H,1H3/i3D,6D,7D,14D,15D,20D,25D,26D,27D,28D. The molecule has 0 aliphatic carbocycles. The molecule has 1 nitrogen and oxygen atoms in total. The fraction of sp³-hybridized carbons (Fsp3) is 0.0222. The molecule has 1 aromatic heterocycles. The van der Waals surface area contributed by atoms with Crippen LogP contribution < -0.4 is 0 Å². The summed E-state index contributed by atoms with van der Waals surface area (Å²) in [4.78, 5) is 0. The van der Waals surface area contributed by atoms with E-state index in [9.17, 15) is 4.11 Å². The minimum Gasteiger partial charge on any atom is -0.456 e. The molecule has 46 heavy (non-hydrogen) atoms. The topological polar surface area (TPSA) is 13.1 Å². The molecule has 1 heterocycles. The van der Waals surface area contributed by atoms with Gasteiger partial charge in [-0.25, -0.2) is 0 Å². The molecule has 9 aromatic rings. The van der Waals surface area contributed by atoms with Crippen LogP contribution in [0.25, 0.3) is 88.0 Å². The van der Waals surface area contributed by atoms with Crippen LogP contribution in [0.2, 0.25) is 0 Å². The fourth-order valence-electron chi connectivity index (χ4n) is 6.62. The highest BCUT2D eigenvalue weighted by atomic mass is 16.3. The second kappa shape index (κ2) is 10.6. The lowest BCUT2D eigenvalue weighted by Gasteiger charge is -2.18. The third-order valence-electron chi connectivity index (χ3n) is 8.66. The van der Waals surface area contributed by atoms with Crippen LogP contribution in [0.4, 0.5) is 0 Å². The van der Waals surface area contributed by atoms with Crippen LogP contribution in [0.1, 0.15) is 19.3 Å². The summed E-state index contributed by atoms with van der Waals surface area (Å²) >= 11 is 0. The van der Waals surface area contributed by atoms with Gasteiger partial charge in [0.2, 0.25) is 0 Å². The van der Waals surface area contributed by atoms with Gasteiger partial charge in [0.25, 0.3) is 0 Å². The molecule has 0 N–H and O–H groups in total. The van der Waals surface area contributed by atoms with E-state index < -0.39 is 30.2 Å². The highest BCUT2D eigenvalue weighted by Crippen LogP contribution is 2.46. The number of rotatable bonds is 4. The van der Waals surface area contributed by atoms with Crippen molar-refractivity contribution in [2.75, 3.05) is 0 Å². The Morgan fingerprint density at radius 3 is 1.63 bits per heavy atom. The van der Waals surface area contributed by atoms with Crippen molar-refractivity contribution in [2.45, 2.75) is 6.92 Å². The van der Waals surface area contributed by atoms with Crippen LogP contribution in [-0.2, 0) is 0 Å². The van der Waals surface area contributed by atoms with Gasteiger partial charge in [-0.15, -0.1) is 0 Å². The smallest absolute Gasteiger partial charge is 0.136 e. The van der Waals surface area contributed by atoms with Crippen LogP contribution in [0, 0.1) is 6.92 Å². The maximum atomic E-state index is 9.69. The molecule has 216 valence electrons. The number of furan rings is 1. The van der Waals surface area contributed by atoms with E-state index >= 15 is 0 Å². The van der Waals surface area contributed by atoms with Gasteiger partial charge in [0.1, 0.15) is 11.2 Å². The molecule has 9 rings (SSSR count). The summed E-state index contributed by atoms with van der Waals surface area (Å²) in [5.74, 6) is 0. The Bertz CT molecular complexity index is 3050. The van der Waals surface area contributed by atoms with Crippen LogP contribution >= 0.6 is 0 Å². The summed E-state index contributed by atoms with van der Waals surface area (Å²) in [6, 6.07) is 29.9. The fourth-order valence-corrected chi connectivity index (χ4v) is 6.62. The zero-order valence-corrected chi connectivity index (χ0v) is 24.7. The summed E-state index contributed by atoms with van der Waals surface area (Å²) in [6.07, 6.45) is 0. The molecule has 0 spiro atoms. The molecule has 8 aromatic carbocycles. The highest BCUT2D eigenvalue weighted by Gasteiger charge is 2.19. The number of benzene rings is 8. The minimum absolute atomic E-state index is 0.000832. The third-order valence-corrected chi connectivity index (χ3v) is 8.66. The van der Waals surface area contributed by atoms with Gasteiger partial charge >= 0.3 is 0 Å². The van der Waals surface area contributed by atoms with Crippen LogP contribution in [0.5, 0.6) is 0 Å². The van der Waals surface area contributed by atoms with Crippen LogP contribution in [0.15, 0.2) is 168 Å². The molecular weight excluding hydrogens is 556 g/mol. The van der Waals surface area contributed by atoms with Crippen molar-refractivity contribution >= 4 is 43.5 Å². The summed E-state index contributed by atoms with van der Waals surface area (Å²) in [5.41, 5.74) is 4.59. The first kappa shape index (κ1) is 18.1. The average Bonchev–Trinajstić information content (AvgIpc) is 3.63. The molecule has 0 amide bonds. The Hall–Kier alpha value is -5.92. The monoisotopic (exact) mass is 596 g/mol. The van der Waals surface area contributed by atoms with Gasteiger partial charge in [-0.2, -0.15) is 0 Å². The van der Waals surface area contributed by atoms with Gasteiger partial charge < -0.3 is 4.42 Å². The van der Waals surface area contributed by atoms with E-state index in [0.29, 0.717) is 5.56 Å². The van der Waals surface area contributed by atoms with Gasteiger partial charge in [-0.3, -0.25) is 0 Å². The van der Waals surface area contributed by atoms with E-state index in [1.807, 2.05) is 66.7 Å². The molecule has 1 heteroatoms. The number of hydrogen-bond donors (Lipinski definition) is 0. The largest absolute Gasteiger partial charge is 0.456 e. The first-order valence-corrected chi connectivity index (χ1v) is 15.0. The van der Waals surface area contributed by atoms with E-state index in [2.05, 4.69) is 36.4 Å². The van der Waals surface area contributed by atoms with Crippen LogP contribution in [-0.4, -0.2) is 0 Å².